The van der Waals surface area contributed by atoms with E-state index in [1.807, 2.05) is 11.9 Å². The molecule has 4 nitrogen and oxygen atoms in total. The molecule has 2 saturated carbocycles. The molecule has 1 N–H and O–H groups in total. The minimum atomic E-state index is 0.105. The number of nitriles is 1. The number of hydrogen-bond donors (Lipinski definition) is 1. The Kier molecular flexibility index (Phi) is 3.45. The van der Waals surface area contributed by atoms with Gasteiger partial charge in [-0.05, 0) is 32.7 Å². The van der Waals surface area contributed by atoms with Gasteiger partial charge >= 0.3 is 0 Å². The van der Waals surface area contributed by atoms with Gasteiger partial charge in [0.15, 0.2) is 0 Å². The quantitative estimate of drug-likeness (QED) is 0.767. The second kappa shape index (κ2) is 4.84. The van der Waals surface area contributed by atoms with E-state index in [1.54, 1.807) is 0 Å². The van der Waals surface area contributed by atoms with Crippen LogP contribution in [0.1, 0.15) is 32.1 Å². The molecule has 0 bridgehead atoms. The third-order valence-corrected chi connectivity index (χ3v) is 3.55. The first-order valence-electron chi connectivity index (χ1n) is 6.10. The Morgan fingerprint density at radius 1 is 1.44 bits per heavy atom. The number of nitrogens with zero attached hydrogens (tertiary/aromatic N) is 2. The molecule has 2 aliphatic carbocycles. The molecule has 0 heterocycles. The molecule has 0 aromatic carbocycles. The summed E-state index contributed by atoms with van der Waals surface area (Å²) in [4.78, 5) is 13.7. The number of hydrogen-bond acceptors (Lipinski definition) is 3. The van der Waals surface area contributed by atoms with Crippen LogP contribution in [0.25, 0.3) is 0 Å². The monoisotopic (exact) mass is 221 g/mol. The third kappa shape index (κ3) is 2.73. The second-order valence-electron chi connectivity index (χ2n) is 4.99. The zero-order valence-corrected chi connectivity index (χ0v) is 9.78. The minimum absolute atomic E-state index is 0.105. The van der Waals surface area contributed by atoms with Crippen molar-refractivity contribution in [3.63, 3.8) is 0 Å². The van der Waals surface area contributed by atoms with Gasteiger partial charge in [0.25, 0.3) is 0 Å². The Labute approximate surface area is 96.6 Å². The second-order valence-corrected chi connectivity index (χ2v) is 4.99. The molecule has 4 heteroatoms. The first-order chi connectivity index (χ1) is 7.70. The van der Waals surface area contributed by atoms with E-state index in [0.717, 1.165) is 32.1 Å². The number of nitrogens with one attached hydrogen (secondary N) is 1. The number of carbonyl (C=O) groups excluding carboxylic acids is 1. The third-order valence-electron chi connectivity index (χ3n) is 3.55. The van der Waals surface area contributed by atoms with Crippen molar-refractivity contribution in [2.45, 2.75) is 44.2 Å². The number of likely N-dealkylation sites (N-methyl/N-ethyl adjacent to an activating group) is 1. The van der Waals surface area contributed by atoms with E-state index in [1.165, 1.54) is 0 Å². The highest BCUT2D eigenvalue weighted by molar-refractivity contribution is 5.78. The number of carbonyl (C=O) groups is 1. The molecule has 2 fully saturated rings. The van der Waals surface area contributed by atoms with Crippen LogP contribution in [-0.2, 0) is 4.79 Å². The Bertz CT molecular complexity index is 306. The largest absolute Gasteiger partial charge is 0.352 e. The Morgan fingerprint density at radius 2 is 2.19 bits per heavy atom. The molecule has 0 aromatic heterocycles. The zero-order valence-electron chi connectivity index (χ0n) is 9.78. The van der Waals surface area contributed by atoms with Gasteiger partial charge in [-0.2, -0.15) is 5.26 Å². The highest BCUT2D eigenvalue weighted by atomic mass is 16.2. The Balaban J connectivity index is 1.79. The Hall–Kier alpha value is -1.08. The maximum Gasteiger partial charge on any atom is 0.234 e. The van der Waals surface area contributed by atoms with E-state index in [0.29, 0.717) is 12.6 Å². The topological polar surface area (TPSA) is 56.1 Å². The van der Waals surface area contributed by atoms with Gasteiger partial charge in [-0.15, -0.1) is 0 Å². The highest BCUT2D eigenvalue weighted by Gasteiger charge is 2.31. The molecule has 0 aliphatic heterocycles. The van der Waals surface area contributed by atoms with E-state index in [-0.39, 0.29) is 17.9 Å². The summed E-state index contributed by atoms with van der Waals surface area (Å²) in [5.74, 6) is 0.215. The minimum Gasteiger partial charge on any atom is -0.352 e. The summed E-state index contributed by atoms with van der Waals surface area (Å²) >= 11 is 0. The van der Waals surface area contributed by atoms with E-state index >= 15 is 0 Å². The summed E-state index contributed by atoms with van der Waals surface area (Å²) in [6.45, 7) is 0.430. The van der Waals surface area contributed by atoms with E-state index in [9.17, 15) is 4.79 Å². The molecule has 2 unspecified atom stereocenters. The number of amides is 1. The summed E-state index contributed by atoms with van der Waals surface area (Å²) in [6, 6.07) is 3.05. The average Bonchev–Trinajstić information content (AvgIpc) is 2.93. The van der Waals surface area contributed by atoms with Gasteiger partial charge in [0.2, 0.25) is 5.91 Å². The molecule has 2 atom stereocenters. The lowest BCUT2D eigenvalue weighted by Crippen LogP contribution is -2.42. The van der Waals surface area contributed by atoms with Crippen LogP contribution in [0.4, 0.5) is 0 Å². The molecular formula is C12H19N3O. The molecule has 2 aliphatic rings. The molecule has 2 rings (SSSR count). The van der Waals surface area contributed by atoms with Crippen molar-refractivity contribution in [1.29, 1.82) is 5.26 Å². The van der Waals surface area contributed by atoms with Crippen molar-refractivity contribution in [1.82, 2.24) is 10.2 Å². The van der Waals surface area contributed by atoms with Crippen molar-refractivity contribution in [3.05, 3.63) is 0 Å². The normalized spacial score (nSPS) is 29.1. The predicted octanol–water partition coefficient (Wildman–Crippen LogP) is 0.889. The first kappa shape index (κ1) is 11.4. The van der Waals surface area contributed by atoms with Crippen molar-refractivity contribution < 1.29 is 4.79 Å². The average molecular weight is 221 g/mol. The van der Waals surface area contributed by atoms with E-state index in [4.69, 9.17) is 5.26 Å². The van der Waals surface area contributed by atoms with Crippen molar-refractivity contribution in [2.75, 3.05) is 13.6 Å². The zero-order chi connectivity index (χ0) is 11.5. The van der Waals surface area contributed by atoms with Gasteiger partial charge in [0, 0.05) is 12.1 Å². The van der Waals surface area contributed by atoms with E-state index < -0.39 is 0 Å². The van der Waals surface area contributed by atoms with Crippen LogP contribution >= 0.6 is 0 Å². The fourth-order valence-electron chi connectivity index (χ4n) is 2.46. The summed E-state index contributed by atoms with van der Waals surface area (Å²) in [6.07, 6.45) is 5.39. The molecule has 0 saturated heterocycles. The van der Waals surface area contributed by atoms with Gasteiger partial charge in [0.1, 0.15) is 0 Å². The lowest BCUT2D eigenvalue weighted by molar-refractivity contribution is -0.122. The standard InChI is InChI=1S/C12H19N3O/c1-15(8-12(16)14-10-5-6-10)11-4-2-3-9(11)7-13/h9-11H,2-6,8H2,1H3,(H,14,16). The van der Waals surface area contributed by atoms with Crippen molar-refractivity contribution in [3.8, 4) is 6.07 Å². The summed E-state index contributed by atoms with van der Waals surface area (Å²) in [5, 5.41) is 12.0. The van der Waals surface area contributed by atoms with Crippen molar-refractivity contribution >= 4 is 5.91 Å². The predicted molar refractivity (Wildman–Crippen MR) is 60.5 cm³/mol. The van der Waals surface area contributed by atoms with Gasteiger partial charge in [-0.1, -0.05) is 6.42 Å². The SMILES string of the molecule is CN(CC(=O)NC1CC1)C1CCCC1C#N. The van der Waals surface area contributed by atoms with E-state index in [2.05, 4.69) is 11.4 Å². The molecule has 88 valence electrons. The maximum atomic E-state index is 11.6. The highest BCUT2D eigenvalue weighted by Crippen LogP contribution is 2.28. The van der Waals surface area contributed by atoms with Crippen LogP contribution in [0.2, 0.25) is 0 Å². The van der Waals surface area contributed by atoms with Crippen LogP contribution < -0.4 is 5.32 Å². The van der Waals surface area contributed by atoms with Crippen LogP contribution in [-0.4, -0.2) is 36.5 Å². The molecule has 0 aromatic rings. The maximum absolute atomic E-state index is 11.6. The molecule has 16 heavy (non-hydrogen) atoms. The van der Waals surface area contributed by atoms with Crippen LogP contribution in [0, 0.1) is 17.2 Å². The fourth-order valence-corrected chi connectivity index (χ4v) is 2.46. The summed E-state index contributed by atoms with van der Waals surface area (Å²) < 4.78 is 0. The summed E-state index contributed by atoms with van der Waals surface area (Å²) in [5.41, 5.74) is 0. The molecule has 0 spiro atoms. The lowest BCUT2D eigenvalue weighted by Gasteiger charge is -2.25. The van der Waals surface area contributed by atoms with Gasteiger partial charge in [0.05, 0.1) is 18.5 Å². The smallest absolute Gasteiger partial charge is 0.234 e. The van der Waals surface area contributed by atoms with Crippen LogP contribution in [0.15, 0.2) is 0 Å². The van der Waals surface area contributed by atoms with Crippen LogP contribution in [0.5, 0.6) is 0 Å². The Morgan fingerprint density at radius 3 is 2.81 bits per heavy atom. The first-order valence-corrected chi connectivity index (χ1v) is 6.10. The van der Waals surface area contributed by atoms with Gasteiger partial charge in [-0.3, -0.25) is 9.69 Å². The van der Waals surface area contributed by atoms with Gasteiger partial charge < -0.3 is 5.32 Å². The lowest BCUT2D eigenvalue weighted by atomic mass is 10.0. The summed E-state index contributed by atoms with van der Waals surface area (Å²) in [7, 11) is 1.95. The molecule has 0 radical (unpaired) electrons. The van der Waals surface area contributed by atoms with Crippen molar-refractivity contribution in [2.24, 2.45) is 5.92 Å². The van der Waals surface area contributed by atoms with Gasteiger partial charge in [-0.25, -0.2) is 0 Å². The number of rotatable bonds is 4. The fraction of sp³-hybridized carbons (Fsp3) is 0.833. The molecule has 1 amide bonds. The molecular weight excluding hydrogens is 202 g/mol. The van der Waals surface area contributed by atoms with Crippen LogP contribution in [0.3, 0.4) is 0 Å².